The van der Waals surface area contributed by atoms with Crippen molar-refractivity contribution < 1.29 is 19.5 Å². The van der Waals surface area contributed by atoms with E-state index < -0.39 is 23.2 Å². The highest BCUT2D eigenvalue weighted by Gasteiger charge is 2.39. The molecule has 0 saturated carbocycles. The van der Waals surface area contributed by atoms with Crippen LogP contribution >= 0.6 is 24.4 Å². The SMILES string of the molecule is C[C@H](C(=O)N1CSC[C@H]1C(=O)O)C(S)C(=O)c1ccccc1. The molecule has 0 radical (unpaired) electrons. The Bertz CT molecular complexity index is 578. The molecule has 0 bridgehead atoms. The number of nitrogens with zero attached hydrogens (tertiary/aromatic N) is 1. The van der Waals surface area contributed by atoms with Crippen molar-refractivity contribution in [1.82, 2.24) is 4.90 Å². The van der Waals surface area contributed by atoms with Gasteiger partial charge in [0.25, 0.3) is 0 Å². The Morgan fingerprint density at radius 2 is 1.95 bits per heavy atom. The molecule has 7 heteroatoms. The fourth-order valence-electron chi connectivity index (χ4n) is 2.26. The first kappa shape index (κ1) is 16.9. The molecule has 1 N–H and O–H groups in total. The maximum Gasteiger partial charge on any atom is 0.327 e. The smallest absolute Gasteiger partial charge is 0.327 e. The van der Waals surface area contributed by atoms with Crippen LogP contribution in [0.4, 0.5) is 0 Å². The van der Waals surface area contributed by atoms with E-state index in [1.807, 2.05) is 0 Å². The van der Waals surface area contributed by atoms with E-state index >= 15 is 0 Å². The van der Waals surface area contributed by atoms with Crippen molar-refractivity contribution in [3.05, 3.63) is 35.9 Å². The van der Waals surface area contributed by atoms with Crippen LogP contribution in [0.1, 0.15) is 17.3 Å². The summed E-state index contributed by atoms with van der Waals surface area (Å²) in [7, 11) is 0. The molecule has 1 heterocycles. The van der Waals surface area contributed by atoms with Gasteiger partial charge < -0.3 is 10.0 Å². The number of carbonyl (C=O) groups excluding carboxylic acids is 2. The highest BCUT2D eigenvalue weighted by molar-refractivity contribution is 7.99. The third kappa shape index (κ3) is 3.47. The van der Waals surface area contributed by atoms with E-state index in [9.17, 15) is 14.4 Å². The summed E-state index contributed by atoms with van der Waals surface area (Å²) in [6.07, 6.45) is 0. The summed E-state index contributed by atoms with van der Waals surface area (Å²) in [4.78, 5) is 37.3. The van der Waals surface area contributed by atoms with Gasteiger partial charge in [-0.05, 0) is 0 Å². The molecular weight excluding hydrogens is 322 g/mol. The number of aliphatic carboxylic acids is 1. The Morgan fingerprint density at radius 3 is 2.55 bits per heavy atom. The monoisotopic (exact) mass is 339 g/mol. The van der Waals surface area contributed by atoms with Crippen LogP contribution in [0, 0.1) is 5.92 Å². The van der Waals surface area contributed by atoms with Crippen molar-refractivity contribution in [2.45, 2.75) is 18.2 Å². The lowest BCUT2D eigenvalue weighted by Gasteiger charge is -2.26. The minimum Gasteiger partial charge on any atom is -0.480 e. The van der Waals surface area contributed by atoms with Gasteiger partial charge in [0.05, 0.1) is 17.0 Å². The highest BCUT2D eigenvalue weighted by atomic mass is 32.2. The number of thioether (sulfide) groups is 1. The van der Waals surface area contributed by atoms with Gasteiger partial charge in [-0.25, -0.2) is 4.79 Å². The van der Waals surface area contributed by atoms with E-state index in [2.05, 4.69) is 12.6 Å². The van der Waals surface area contributed by atoms with E-state index in [4.69, 9.17) is 5.11 Å². The third-order valence-electron chi connectivity index (χ3n) is 3.64. The number of amides is 1. The molecule has 1 aliphatic heterocycles. The van der Waals surface area contributed by atoms with Crippen LogP contribution in [0.2, 0.25) is 0 Å². The number of Topliss-reactive ketones (excluding diaryl/α,β-unsaturated/α-hetero) is 1. The summed E-state index contributed by atoms with van der Waals surface area (Å²) in [5, 5.41) is 8.35. The summed E-state index contributed by atoms with van der Waals surface area (Å²) >= 11 is 5.69. The second-order valence-electron chi connectivity index (χ2n) is 5.13. The summed E-state index contributed by atoms with van der Waals surface area (Å²) < 4.78 is 0. The molecule has 0 aliphatic carbocycles. The van der Waals surface area contributed by atoms with Gasteiger partial charge in [0.2, 0.25) is 5.91 Å². The predicted octanol–water partition coefficient (Wildman–Crippen LogP) is 1.79. The molecule has 1 amide bonds. The van der Waals surface area contributed by atoms with Crippen LogP contribution in [-0.2, 0) is 9.59 Å². The number of hydrogen-bond acceptors (Lipinski definition) is 5. The summed E-state index contributed by atoms with van der Waals surface area (Å²) in [5.41, 5.74) is 0.493. The molecule has 1 aliphatic rings. The molecule has 1 aromatic carbocycles. The topological polar surface area (TPSA) is 74.7 Å². The molecule has 1 unspecified atom stereocenters. The quantitative estimate of drug-likeness (QED) is 0.632. The average Bonchev–Trinajstić information content (AvgIpc) is 3.02. The molecule has 118 valence electrons. The zero-order valence-corrected chi connectivity index (χ0v) is 13.7. The number of thiol groups is 1. The minimum absolute atomic E-state index is 0.233. The summed E-state index contributed by atoms with van der Waals surface area (Å²) in [6.45, 7) is 1.61. The normalized spacial score (nSPS) is 20.5. The van der Waals surface area contributed by atoms with E-state index in [1.54, 1.807) is 37.3 Å². The lowest BCUT2D eigenvalue weighted by Crippen LogP contribution is -2.46. The predicted molar refractivity (Wildman–Crippen MR) is 88.3 cm³/mol. The number of carboxylic acid groups (broad SMARTS) is 1. The fourth-order valence-corrected chi connectivity index (χ4v) is 3.69. The van der Waals surface area contributed by atoms with E-state index in [0.29, 0.717) is 17.2 Å². The van der Waals surface area contributed by atoms with Gasteiger partial charge in [-0.1, -0.05) is 37.3 Å². The van der Waals surface area contributed by atoms with Crippen molar-refractivity contribution in [3.63, 3.8) is 0 Å². The van der Waals surface area contributed by atoms with Crippen LogP contribution in [0.25, 0.3) is 0 Å². The second-order valence-corrected chi connectivity index (χ2v) is 6.68. The van der Waals surface area contributed by atoms with E-state index in [1.165, 1.54) is 16.7 Å². The highest BCUT2D eigenvalue weighted by Crippen LogP contribution is 2.26. The molecule has 5 nitrogen and oxygen atoms in total. The zero-order chi connectivity index (χ0) is 16.3. The van der Waals surface area contributed by atoms with Gasteiger partial charge in [0.1, 0.15) is 6.04 Å². The molecule has 1 aromatic rings. The minimum atomic E-state index is -1.02. The Labute approximate surface area is 138 Å². The number of rotatable bonds is 5. The molecule has 1 saturated heterocycles. The van der Waals surface area contributed by atoms with E-state index in [-0.39, 0.29) is 11.7 Å². The fraction of sp³-hybridized carbons (Fsp3) is 0.400. The largest absolute Gasteiger partial charge is 0.480 e. The van der Waals surface area contributed by atoms with Crippen molar-refractivity contribution in [2.75, 3.05) is 11.6 Å². The summed E-state index contributed by atoms with van der Waals surface area (Å²) in [6, 6.07) is 7.82. The number of benzene rings is 1. The summed E-state index contributed by atoms with van der Waals surface area (Å²) in [5.74, 6) is -1.57. The lowest BCUT2D eigenvalue weighted by molar-refractivity contribution is -0.149. The molecule has 2 rings (SSSR count). The molecule has 22 heavy (non-hydrogen) atoms. The number of hydrogen-bond donors (Lipinski definition) is 2. The zero-order valence-electron chi connectivity index (χ0n) is 12.0. The van der Waals surface area contributed by atoms with Crippen LogP contribution in [0.5, 0.6) is 0 Å². The van der Waals surface area contributed by atoms with Gasteiger partial charge in [-0.15, -0.1) is 11.8 Å². The van der Waals surface area contributed by atoms with Crippen molar-refractivity contribution in [2.24, 2.45) is 5.92 Å². The Morgan fingerprint density at radius 1 is 1.32 bits per heavy atom. The molecule has 0 spiro atoms. The molecular formula is C15H17NO4S2. The Kier molecular flexibility index (Phi) is 5.52. The maximum atomic E-state index is 12.5. The molecule has 1 fully saturated rings. The van der Waals surface area contributed by atoms with Crippen molar-refractivity contribution in [1.29, 1.82) is 0 Å². The second kappa shape index (κ2) is 7.19. The third-order valence-corrected chi connectivity index (χ3v) is 5.33. The first-order chi connectivity index (χ1) is 10.4. The maximum absolute atomic E-state index is 12.5. The number of carbonyl (C=O) groups is 3. The van der Waals surface area contributed by atoms with Crippen LogP contribution < -0.4 is 0 Å². The van der Waals surface area contributed by atoms with Crippen LogP contribution in [-0.4, -0.2) is 50.6 Å². The van der Waals surface area contributed by atoms with Crippen molar-refractivity contribution >= 4 is 42.1 Å². The number of carboxylic acids is 1. The van der Waals surface area contributed by atoms with Gasteiger partial charge >= 0.3 is 5.97 Å². The first-order valence-electron chi connectivity index (χ1n) is 6.82. The Hall–Kier alpha value is -1.47. The molecule has 0 aromatic heterocycles. The van der Waals surface area contributed by atoms with Gasteiger partial charge in [0.15, 0.2) is 5.78 Å². The van der Waals surface area contributed by atoms with Gasteiger partial charge in [-0.2, -0.15) is 12.6 Å². The molecule has 3 atom stereocenters. The average molecular weight is 339 g/mol. The lowest BCUT2D eigenvalue weighted by atomic mass is 9.97. The number of ketones is 1. The van der Waals surface area contributed by atoms with Gasteiger partial charge in [0, 0.05) is 11.3 Å². The van der Waals surface area contributed by atoms with Crippen molar-refractivity contribution in [3.8, 4) is 0 Å². The Balaban J connectivity index is 2.10. The van der Waals surface area contributed by atoms with E-state index in [0.717, 1.165) is 0 Å². The van der Waals surface area contributed by atoms with Gasteiger partial charge in [-0.3, -0.25) is 9.59 Å². The van der Waals surface area contributed by atoms with Crippen LogP contribution in [0.3, 0.4) is 0 Å². The first-order valence-corrected chi connectivity index (χ1v) is 8.49. The standard InChI is InChI=1S/C15H17NO4S2/c1-9(13(21)12(17)10-5-3-2-4-6-10)14(18)16-8-22-7-11(16)15(19)20/h2-6,9,11,13,21H,7-8H2,1H3,(H,19,20)/t9-,11-,13?/m0/s1. The van der Waals surface area contributed by atoms with Crippen LogP contribution in [0.15, 0.2) is 30.3 Å².